The smallest absolute Gasteiger partial charge is 0.251 e. The van der Waals surface area contributed by atoms with E-state index in [2.05, 4.69) is 9.80 Å². The Morgan fingerprint density at radius 2 is 1.66 bits per heavy atom. The topological polar surface area (TPSA) is 73.3 Å². The van der Waals surface area contributed by atoms with E-state index in [1.807, 2.05) is 12.1 Å². The largest absolute Gasteiger partial charge is 0.508 e. The fourth-order valence-electron chi connectivity index (χ4n) is 3.92. The number of hydrogen-bond donors (Lipinski definition) is 1. The van der Waals surface area contributed by atoms with Gasteiger partial charge in [-0.15, -0.1) is 0 Å². The van der Waals surface area contributed by atoms with Crippen molar-refractivity contribution in [3.05, 3.63) is 47.5 Å². The number of nitrogens with zero attached hydrogens (tertiary/aromatic N) is 3. The summed E-state index contributed by atoms with van der Waals surface area (Å²) in [5.74, 6) is 0.300. The number of carbonyl (C=O) groups is 2. The number of amides is 2. The fourth-order valence-corrected chi connectivity index (χ4v) is 4.17. The van der Waals surface area contributed by atoms with Crippen LogP contribution in [0.2, 0.25) is 5.02 Å². The molecular weight excluding hydrogens is 394 g/mol. The molecule has 152 valence electrons. The van der Waals surface area contributed by atoms with Gasteiger partial charge < -0.3 is 14.7 Å². The summed E-state index contributed by atoms with van der Waals surface area (Å²) in [6.07, 6.45) is 0.168. The Balaban J connectivity index is 1.44. The standard InChI is InChI=1S/C21H22ClN3O4/c1-29-19-7-4-15(12-17(19)22)25-20(27)13-18(21(25)28)24-10-8-23(9-11-24)14-2-5-16(26)6-3-14/h2-7,12,18,26H,8-11,13H2,1H3/t18-/m0/s1. The molecule has 0 aromatic heterocycles. The minimum absolute atomic E-state index is 0.168. The van der Waals surface area contributed by atoms with Crippen LogP contribution in [0.5, 0.6) is 11.5 Å². The minimum Gasteiger partial charge on any atom is -0.508 e. The highest BCUT2D eigenvalue weighted by molar-refractivity contribution is 6.33. The van der Waals surface area contributed by atoms with Crippen molar-refractivity contribution in [3.8, 4) is 11.5 Å². The molecule has 0 aliphatic carbocycles. The molecule has 0 bridgehead atoms. The van der Waals surface area contributed by atoms with Gasteiger partial charge in [-0.1, -0.05) is 11.6 Å². The summed E-state index contributed by atoms with van der Waals surface area (Å²) in [5, 5.41) is 9.80. The summed E-state index contributed by atoms with van der Waals surface area (Å²) in [4.78, 5) is 31.1. The third-order valence-electron chi connectivity index (χ3n) is 5.49. The number of benzene rings is 2. The van der Waals surface area contributed by atoms with Gasteiger partial charge >= 0.3 is 0 Å². The van der Waals surface area contributed by atoms with Gasteiger partial charge in [-0.2, -0.15) is 0 Å². The van der Waals surface area contributed by atoms with Crippen LogP contribution in [0.3, 0.4) is 0 Å². The van der Waals surface area contributed by atoms with Gasteiger partial charge in [0.2, 0.25) is 5.91 Å². The molecule has 8 heteroatoms. The van der Waals surface area contributed by atoms with Crippen molar-refractivity contribution >= 4 is 34.8 Å². The van der Waals surface area contributed by atoms with Crippen LogP contribution in [0, 0.1) is 0 Å². The molecule has 1 atom stereocenters. The highest BCUT2D eigenvalue weighted by Crippen LogP contribution is 2.33. The van der Waals surface area contributed by atoms with Crippen molar-refractivity contribution in [1.29, 1.82) is 0 Å². The van der Waals surface area contributed by atoms with Gasteiger partial charge in [-0.05, 0) is 42.5 Å². The third kappa shape index (κ3) is 3.75. The number of rotatable bonds is 4. The number of methoxy groups -OCH3 is 1. The summed E-state index contributed by atoms with van der Waals surface area (Å²) < 4.78 is 5.14. The van der Waals surface area contributed by atoms with E-state index in [9.17, 15) is 14.7 Å². The first-order valence-corrected chi connectivity index (χ1v) is 9.84. The van der Waals surface area contributed by atoms with Gasteiger partial charge in [0, 0.05) is 31.9 Å². The van der Waals surface area contributed by atoms with Crippen LogP contribution in [-0.2, 0) is 9.59 Å². The lowest BCUT2D eigenvalue weighted by Crippen LogP contribution is -2.52. The Labute approximate surface area is 174 Å². The first-order valence-electron chi connectivity index (χ1n) is 9.46. The highest BCUT2D eigenvalue weighted by Gasteiger charge is 2.43. The molecule has 2 saturated heterocycles. The van der Waals surface area contributed by atoms with E-state index in [1.165, 1.54) is 12.0 Å². The zero-order valence-corrected chi connectivity index (χ0v) is 16.8. The molecule has 0 saturated carbocycles. The SMILES string of the molecule is COc1ccc(N2C(=O)C[C@H](N3CCN(c4ccc(O)cc4)CC3)C2=O)cc1Cl. The predicted molar refractivity (Wildman–Crippen MR) is 111 cm³/mol. The van der Waals surface area contributed by atoms with Crippen LogP contribution in [-0.4, -0.2) is 61.2 Å². The third-order valence-corrected chi connectivity index (χ3v) is 5.78. The summed E-state index contributed by atoms with van der Waals surface area (Å²) >= 11 is 6.17. The van der Waals surface area contributed by atoms with Gasteiger partial charge in [0.15, 0.2) is 0 Å². The summed E-state index contributed by atoms with van der Waals surface area (Å²) in [6.45, 7) is 2.86. The number of anilines is 2. The summed E-state index contributed by atoms with van der Waals surface area (Å²) in [7, 11) is 1.51. The van der Waals surface area contributed by atoms with Crippen LogP contribution in [0.4, 0.5) is 11.4 Å². The molecule has 0 radical (unpaired) electrons. The van der Waals surface area contributed by atoms with Crippen LogP contribution < -0.4 is 14.5 Å². The molecule has 0 spiro atoms. The number of piperazine rings is 1. The average molecular weight is 416 g/mol. The quantitative estimate of drug-likeness (QED) is 0.773. The maximum Gasteiger partial charge on any atom is 0.251 e. The van der Waals surface area contributed by atoms with E-state index in [0.717, 1.165) is 18.8 Å². The molecule has 1 N–H and O–H groups in total. The van der Waals surface area contributed by atoms with Gasteiger partial charge in [0.1, 0.15) is 11.5 Å². The number of imide groups is 1. The lowest BCUT2D eigenvalue weighted by atomic mass is 10.1. The van der Waals surface area contributed by atoms with Crippen molar-refractivity contribution in [2.75, 3.05) is 43.1 Å². The molecule has 2 heterocycles. The van der Waals surface area contributed by atoms with Crippen molar-refractivity contribution in [3.63, 3.8) is 0 Å². The van der Waals surface area contributed by atoms with Crippen LogP contribution in [0.1, 0.15) is 6.42 Å². The molecule has 7 nitrogen and oxygen atoms in total. The number of phenols is 1. The molecule has 2 aromatic rings. The summed E-state index contributed by atoms with van der Waals surface area (Å²) in [6, 6.07) is 11.5. The van der Waals surface area contributed by atoms with Gasteiger partial charge in [-0.25, -0.2) is 4.90 Å². The number of carbonyl (C=O) groups excluding carboxylic acids is 2. The van der Waals surface area contributed by atoms with E-state index in [-0.39, 0.29) is 24.0 Å². The molecule has 2 aromatic carbocycles. The number of halogens is 1. The maximum atomic E-state index is 13.0. The Bertz CT molecular complexity index is 926. The Morgan fingerprint density at radius 3 is 2.28 bits per heavy atom. The number of ether oxygens (including phenoxy) is 1. The van der Waals surface area contributed by atoms with E-state index >= 15 is 0 Å². The second kappa shape index (κ2) is 7.93. The van der Waals surface area contributed by atoms with Gasteiger partial charge in [0.05, 0.1) is 30.3 Å². The van der Waals surface area contributed by atoms with E-state index in [4.69, 9.17) is 16.3 Å². The molecule has 2 aliphatic rings. The molecule has 2 amide bonds. The van der Waals surface area contributed by atoms with Crippen LogP contribution >= 0.6 is 11.6 Å². The monoisotopic (exact) mass is 415 g/mol. The first-order chi connectivity index (χ1) is 14.0. The second-order valence-electron chi connectivity index (χ2n) is 7.15. The van der Waals surface area contributed by atoms with Crippen molar-refractivity contribution < 1.29 is 19.4 Å². The minimum atomic E-state index is -0.453. The molecular formula is C21H22ClN3O4. The molecule has 2 aliphatic heterocycles. The van der Waals surface area contributed by atoms with Gasteiger partial charge in [-0.3, -0.25) is 14.5 Å². The normalized spacial score (nSPS) is 20.4. The van der Waals surface area contributed by atoms with Crippen molar-refractivity contribution in [2.24, 2.45) is 0 Å². The zero-order valence-electron chi connectivity index (χ0n) is 16.0. The van der Waals surface area contributed by atoms with E-state index < -0.39 is 6.04 Å². The Kier molecular flexibility index (Phi) is 5.34. The number of aromatic hydroxyl groups is 1. The lowest BCUT2D eigenvalue weighted by Gasteiger charge is -2.38. The van der Waals surface area contributed by atoms with Gasteiger partial charge in [0.25, 0.3) is 5.91 Å². The fraction of sp³-hybridized carbons (Fsp3) is 0.333. The van der Waals surface area contributed by atoms with E-state index in [0.29, 0.717) is 29.5 Å². The number of hydrogen-bond acceptors (Lipinski definition) is 6. The average Bonchev–Trinajstić information content (AvgIpc) is 3.02. The number of phenolic OH excluding ortho intramolecular Hbond substituents is 1. The van der Waals surface area contributed by atoms with Crippen molar-refractivity contribution in [1.82, 2.24) is 4.90 Å². The maximum absolute atomic E-state index is 13.0. The Morgan fingerprint density at radius 1 is 1.00 bits per heavy atom. The first kappa shape index (κ1) is 19.5. The van der Waals surface area contributed by atoms with Crippen LogP contribution in [0.15, 0.2) is 42.5 Å². The van der Waals surface area contributed by atoms with E-state index in [1.54, 1.807) is 30.3 Å². The molecule has 0 unspecified atom stereocenters. The molecule has 2 fully saturated rings. The lowest BCUT2D eigenvalue weighted by molar-refractivity contribution is -0.123. The molecule has 4 rings (SSSR count). The van der Waals surface area contributed by atoms with Crippen LogP contribution in [0.25, 0.3) is 0 Å². The summed E-state index contributed by atoms with van der Waals surface area (Å²) in [5.41, 5.74) is 1.50. The predicted octanol–water partition coefficient (Wildman–Crippen LogP) is 2.51. The highest BCUT2D eigenvalue weighted by atomic mass is 35.5. The van der Waals surface area contributed by atoms with Crippen molar-refractivity contribution in [2.45, 2.75) is 12.5 Å². The Hall–Kier alpha value is -2.77. The molecule has 29 heavy (non-hydrogen) atoms. The zero-order chi connectivity index (χ0) is 20.5. The second-order valence-corrected chi connectivity index (χ2v) is 7.55.